The number of aromatic nitrogens is 1. The fourth-order valence-corrected chi connectivity index (χ4v) is 2.78. The number of amides is 2. The van der Waals surface area contributed by atoms with Crippen LogP contribution in [0.2, 0.25) is 0 Å². The van der Waals surface area contributed by atoms with Gasteiger partial charge in [0.15, 0.2) is 0 Å². The Bertz CT molecular complexity index is 1060. The molecule has 0 saturated heterocycles. The second kappa shape index (κ2) is 8.30. The van der Waals surface area contributed by atoms with Crippen molar-refractivity contribution in [2.24, 2.45) is 0 Å². The van der Waals surface area contributed by atoms with Gasteiger partial charge in [-0.25, -0.2) is 4.98 Å². The molecule has 7 nitrogen and oxygen atoms in total. The summed E-state index contributed by atoms with van der Waals surface area (Å²) in [5, 5.41) is 15.9. The van der Waals surface area contributed by atoms with Gasteiger partial charge in [0.25, 0.3) is 5.91 Å². The van der Waals surface area contributed by atoms with Crippen LogP contribution in [-0.2, 0) is 4.79 Å². The number of hydrogen-bond donors (Lipinski definition) is 4. The van der Waals surface area contributed by atoms with Crippen LogP contribution < -0.4 is 16.4 Å². The van der Waals surface area contributed by atoms with Crippen molar-refractivity contribution in [3.8, 4) is 0 Å². The van der Waals surface area contributed by atoms with Crippen molar-refractivity contribution >= 4 is 34.0 Å². The number of nitrogens with two attached hydrogens (primary N) is 1. The number of anilines is 1. The standard InChI is InChI=1S/C21H21N5O2/c1-13(27)24-10-11-25-21(28)18-9-8-17(22)20(26-18)19(23)16-7-6-14-4-2-3-5-15(14)12-16/h2-9,12,23H,10-11,22H2,1H3,(H,24,27)(H,25,28). The number of pyridine rings is 1. The maximum Gasteiger partial charge on any atom is 0.269 e. The molecule has 7 heteroatoms. The van der Waals surface area contributed by atoms with Gasteiger partial charge in [-0.2, -0.15) is 0 Å². The number of carbonyl (C=O) groups is 2. The molecule has 0 bridgehead atoms. The number of carbonyl (C=O) groups excluding carboxylic acids is 2. The Morgan fingerprint density at radius 2 is 1.71 bits per heavy atom. The molecule has 5 N–H and O–H groups in total. The quantitative estimate of drug-likeness (QED) is 0.389. The largest absolute Gasteiger partial charge is 0.397 e. The molecule has 28 heavy (non-hydrogen) atoms. The minimum Gasteiger partial charge on any atom is -0.397 e. The zero-order chi connectivity index (χ0) is 20.1. The minimum atomic E-state index is -0.391. The summed E-state index contributed by atoms with van der Waals surface area (Å²) >= 11 is 0. The van der Waals surface area contributed by atoms with Crippen LogP contribution in [0.5, 0.6) is 0 Å². The SMILES string of the molecule is CC(=O)NCCNC(=O)c1ccc(N)c(C(=N)c2ccc3ccccc3c2)n1. The highest BCUT2D eigenvalue weighted by atomic mass is 16.2. The third-order valence-electron chi connectivity index (χ3n) is 4.22. The summed E-state index contributed by atoms with van der Waals surface area (Å²) in [5.41, 5.74) is 7.58. The van der Waals surface area contributed by atoms with E-state index in [1.165, 1.54) is 13.0 Å². The lowest BCUT2D eigenvalue weighted by atomic mass is 10.0. The normalized spacial score (nSPS) is 10.5. The zero-order valence-corrected chi connectivity index (χ0v) is 15.5. The molecular weight excluding hydrogens is 354 g/mol. The van der Waals surface area contributed by atoms with Gasteiger partial charge in [0.2, 0.25) is 5.91 Å². The first-order valence-corrected chi connectivity index (χ1v) is 8.83. The molecule has 0 aliphatic heterocycles. The van der Waals surface area contributed by atoms with Gasteiger partial charge < -0.3 is 16.4 Å². The lowest BCUT2D eigenvalue weighted by Gasteiger charge is -2.11. The van der Waals surface area contributed by atoms with E-state index in [4.69, 9.17) is 11.1 Å². The minimum absolute atomic E-state index is 0.149. The highest BCUT2D eigenvalue weighted by Gasteiger charge is 2.15. The zero-order valence-electron chi connectivity index (χ0n) is 15.5. The number of benzene rings is 2. The summed E-state index contributed by atoms with van der Waals surface area (Å²) in [6.07, 6.45) is 0. The lowest BCUT2D eigenvalue weighted by molar-refractivity contribution is -0.118. The third-order valence-corrected chi connectivity index (χ3v) is 4.22. The second-order valence-corrected chi connectivity index (χ2v) is 6.31. The summed E-state index contributed by atoms with van der Waals surface area (Å²) in [5.74, 6) is -0.552. The number of nitrogens with zero attached hydrogens (tertiary/aromatic N) is 1. The van der Waals surface area contributed by atoms with E-state index in [0.29, 0.717) is 17.8 Å². The first-order valence-electron chi connectivity index (χ1n) is 8.83. The van der Waals surface area contributed by atoms with Crippen molar-refractivity contribution in [1.29, 1.82) is 5.41 Å². The van der Waals surface area contributed by atoms with Crippen molar-refractivity contribution in [2.75, 3.05) is 18.8 Å². The number of rotatable bonds is 6. The summed E-state index contributed by atoms with van der Waals surface area (Å²) in [7, 11) is 0. The van der Waals surface area contributed by atoms with Crippen LogP contribution >= 0.6 is 0 Å². The molecule has 3 rings (SSSR count). The van der Waals surface area contributed by atoms with Gasteiger partial charge in [0.1, 0.15) is 11.4 Å². The molecule has 2 amide bonds. The topological polar surface area (TPSA) is 121 Å². The van der Waals surface area contributed by atoms with Crippen LogP contribution in [0, 0.1) is 5.41 Å². The Morgan fingerprint density at radius 1 is 1.00 bits per heavy atom. The molecule has 0 aliphatic rings. The number of hydrogen-bond acceptors (Lipinski definition) is 5. The van der Waals surface area contributed by atoms with Gasteiger partial charge in [-0.05, 0) is 29.0 Å². The van der Waals surface area contributed by atoms with Crippen LogP contribution in [0.1, 0.15) is 28.7 Å². The fourth-order valence-electron chi connectivity index (χ4n) is 2.78. The maximum absolute atomic E-state index is 12.3. The van der Waals surface area contributed by atoms with Crippen LogP contribution in [0.3, 0.4) is 0 Å². The van der Waals surface area contributed by atoms with Crippen LogP contribution in [0.4, 0.5) is 5.69 Å². The highest BCUT2D eigenvalue weighted by molar-refractivity contribution is 6.14. The molecule has 142 valence electrons. The average Bonchev–Trinajstić information content (AvgIpc) is 2.70. The van der Waals surface area contributed by atoms with Gasteiger partial charge in [-0.15, -0.1) is 0 Å². The average molecular weight is 375 g/mol. The van der Waals surface area contributed by atoms with Gasteiger partial charge in [-0.3, -0.25) is 15.0 Å². The molecule has 0 radical (unpaired) electrons. The van der Waals surface area contributed by atoms with E-state index in [1.54, 1.807) is 6.07 Å². The first kappa shape index (κ1) is 19.0. The number of fused-ring (bicyclic) bond motifs is 1. The van der Waals surface area contributed by atoms with Crippen molar-refractivity contribution in [1.82, 2.24) is 15.6 Å². The molecule has 0 aliphatic carbocycles. The Kier molecular flexibility index (Phi) is 5.64. The van der Waals surface area contributed by atoms with Crippen molar-refractivity contribution < 1.29 is 9.59 Å². The van der Waals surface area contributed by atoms with Gasteiger partial charge in [-0.1, -0.05) is 36.4 Å². The fraction of sp³-hybridized carbons (Fsp3) is 0.143. The molecule has 0 atom stereocenters. The van der Waals surface area contributed by atoms with Gasteiger partial charge in [0, 0.05) is 25.6 Å². The summed E-state index contributed by atoms with van der Waals surface area (Å²) in [6, 6.07) is 16.6. The van der Waals surface area contributed by atoms with Crippen molar-refractivity contribution in [3.05, 3.63) is 71.5 Å². The van der Waals surface area contributed by atoms with Gasteiger partial charge >= 0.3 is 0 Å². The van der Waals surface area contributed by atoms with Crippen molar-refractivity contribution in [2.45, 2.75) is 6.92 Å². The maximum atomic E-state index is 12.3. The molecule has 0 saturated carbocycles. The lowest BCUT2D eigenvalue weighted by Crippen LogP contribution is -2.34. The van der Waals surface area contributed by atoms with Gasteiger partial charge in [0.05, 0.1) is 11.4 Å². The second-order valence-electron chi connectivity index (χ2n) is 6.31. The molecule has 3 aromatic rings. The van der Waals surface area contributed by atoms with E-state index < -0.39 is 5.91 Å². The van der Waals surface area contributed by atoms with Crippen LogP contribution in [-0.4, -0.2) is 35.6 Å². The van der Waals surface area contributed by atoms with E-state index >= 15 is 0 Å². The third kappa shape index (κ3) is 4.32. The first-order chi connectivity index (χ1) is 13.5. The smallest absolute Gasteiger partial charge is 0.269 e. The predicted molar refractivity (Wildman–Crippen MR) is 110 cm³/mol. The van der Waals surface area contributed by atoms with E-state index in [9.17, 15) is 9.59 Å². The predicted octanol–water partition coefficient (Wildman–Crippen LogP) is 2.10. The van der Waals surface area contributed by atoms with E-state index in [2.05, 4.69) is 15.6 Å². The Morgan fingerprint density at radius 3 is 2.46 bits per heavy atom. The molecule has 0 spiro atoms. The molecule has 0 fully saturated rings. The Balaban J connectivity index is 1.80. The number of nitrogens with one attached hydrogen (secondary N) is 3. The van der Waals surface area contributed by atoms with E-state index in [1.807, 2.05) is 42.5 Å². The summed E-state index contributed by atoms with van der Waals surface area (Å²) in [6.45, 7) is 2.02. The number of nitrogen functional groups attached to an aromatic ring is 1. The molecule has 1 aromatic heterocycles. The van der Waals surface area contributed by atoms with Crippen LogP contribution in [0.15, 0.2) is 54.6 Å². The van der Waals surface area contributed by atoms with E-state index in [0.717, 1.165) is 10.8 Å². The Hall–Kier alpha value is -3.74. The highest BCUT2D eigenvalue weighted by Crippen LogP contribution is 2.20. The van der Waals surface area contributed by atoms with Crippen molar-refractivity contribution in [3.63, 3.8) is 0 Å². The molecule has 1 heterocycles. The summed E-state index contributed by atoms with van der Waals surface area (Å²) in [4.78, 5) is 27.4. The molecular formula is C21H21N5O2. The summed E-state index contributed by atoms with van der Waals surface area (Å²) < 4.78 is 0. The Labute approximate surface area is 162 Å². The molecule has 2 aromatic carbocycles. The molecule has 0 unspecified atom stereocenters. The monoisotopic (exact) mass is 375 g/mol. The van der Waals surface area contributed by atoms with Crippen LogP contribution in [0.25, 0.3) is 10.8 Å². The van der Waals surface area contributed by atoms with E-state index in [-0.39, 0.29) is 29.6 Å².